The zero-order valence-electron chi connectivity index (χ0n) is 9.66. The SMILES string of the molecule is CCN(CC)c1ccc(CO)c(OC)c1. The Bertz CT molecular complexity index is 308. The molecule has 3 nitrogen and oxygen atoms in total. The Morgan fingerprint density at radius 2 is 1.93 bits per heavy atom. The first-order valence-electron chi connectivity index (χ1n) is 5.29. The van der Waals surface area contributed by atoms with E-state index in [9.17, 15) is 0 Å². The zero-order chi connectivity index (χ0) is 11.3. The van der Waals surface area contributed by atoms with Gasteiger partial charge in [0.2, 0.25) is 0 Å². The molecule has 1 aromatic carbocycles. The summed E-state index contributed by atoms with van der Waals surface area (Å²) in [6.45, 7) is 6.20. The minimum absolute atomic E-state index is 0.0156. The van der Waals surface area contributed by atoms with Gasteiger partial charge >= 0.3 is 0 Å². The first kappa shape index (κ1) is 11.9. The van der Waals surface area contributed by atoms with Gasteiger partial charge in [0.25, 0.3) is 0 Å². The highest BCUT2D eigenvalue weighted by atomic mass is 16.5. The van der Waals surface area contributed by atoms with E-state index in [2.05, 4.69) is 18.7 Å². The number of anilines is 1. The van der Waals surface area contributed by atoms with Gasteiger partial charge in [-0.3, -0.25) is 0 Å². The maximum absolute atomic E-state index is 9.10. The van der Waals surface area contributed by atoms with Gasteiger partial charge in [-0.15, -0.1) is 0 Å². The summed E-state index contributed by atoms with van der Waals surface area (Å²) in [6, 6.07) is 5.89. The molecule has 0 saturated carbocycles. The quantitative estimate of drug-likeness (QED) is 0.805. The topological polar surface area (TPSA) is 32.7 Å². The van der Waals surface area contributed by atoms with Gasteiger partial charge in [0, 0.05) is 30.4 Å². The molecule has 1 aromatic rings. The fourth-order valence-corrected chi connectivity index (χ4v) is 1.65. The molecule has 0 aliphatic rings. The number of nitrogens with zero attached hydrogens (tertiary/aromatic N) is 1. The third-order valence-corrected chi connectivity index (χ3v) is 2.57. The number of methoxy groups -OCH3 is 1. The number of benzene rings is 1. The minimum atomic E-state index is 0.0156. The molecule has 0 spiro atoms. The Balaban J connectivity index is 3.01. The number of ether oxygens (including phenoxy) is 1. The van der Waals surface area contributed by atoms with Crippen molar-refractivity contribution in [2.24, 2.45) is 0 Å². The predicted octanol–water partition coefficient (Wildman–Crippen LogP) is 2.03. The van der Waals surface area contributed by atoms with Crippen LogP contribution >= 0.6 is 0 Å². The Hall–Kier alpha value is -1.22. The van der Waals surface area contributed by atoms with Crippen molar-refractivity contribution in [2.45, 2.75) is 20.5 Å². The van der Waals surface area contributed by atoms with Crippen molar-refractivity contribution in [1.29, 1.82) is 0 Å². The van der Waals surface area contributed by atoms with Crippen molar-refractivity contribution in [1.82, 2.24) is 0 Å². The van der Waals surface area contributed by atoms with Crippen molar-refractivity contribution in [2.75, 3.05) is 25.1 Å². The van der Waals surface area contributed by atoms with E-state index >= 15 is 0 Å². The van der Waals surface area contributed by atoms with Crippen LogP contribution in [0.25, 0.3) is 0 Å². The van der Waals surface area contributed by atoms with Gasteiger partial charge in [0.1, 0.15) is 5.75 Å². The van der Waals surface area contributed by atoms with Gasteiger partial charge in [-0.05, 0) is 19.9 Å². The minimum Gasteiger partial charge on any atom is -0.496 e. The van der Waals surface area contributed by atoms with Crippen LogP contribution in [0.4, 0.5) is 5.69 Å². The molecule has 0 heterocycles. The molecule has 0 aliphatic carbocycles. The van der Waals surface area contributed by atoms with Crippen LogP contribution in [-0.4, -0.2) is 25.3 Å². The number of aliphatic hydroxyl groups is 1. The molecular weight excluding hydrogens is 190 g/mol. The molecule has 84 valence electrons. The summed E-state index contributed by atoms with van der Waals surface area (Å²) in [6.07, 6.45) is 0. The molecule has 3 heteroatoms. The van der Waals surface area contributed by atoms with E-state index in [0.717, 1.165) is 30.1 Å². The second-order valence-electron chi connectivity index (χ2n) is 3.33. The van der Waals surface area contributed by atoms with Crippen molar-refractivity contribution in [3.8, 4) is 5.75 Å². The van der Waals surface area contributed by atoms with Crippen LogP contribution in [-0.2, 0) is 6.61 Å². The molecule has 0 saturated heterocycles. The van der Waals surface area contributed by atoms with E-state index in [-0.39, 0.29) is 6.61 Å². The number of hydrogen-bond donors (Lipinski definition) is 1. The van der Waals surface area contributed by atoms with E-state index in [1.165, 1.54) is 0 Å². The van der Waals surface area contributed by atoms with Crippen LogP contribution in [0.1, 0.15) is 19.4 Å². The summed E-state index contributed by atoms with van der Waals surface area (Å²) in [5.74, 6) is 0.752. The largest absolute Gasteiger partial charge is 0.496 e. The molecule has 0 unspecified atom stereocenters. The fourth-order valence-electron chi connectivity index (χ4n) is 1.65. The van der Waals surface area contributed by atoms with Gasteiger partial charge in [-0.25, -0.2) is 0 Å². The second-order valence-corrected chi connectivity index (χ2v) is 3.33. The molecule has 0 bridgehead atoms. The van der Waals surface area contributed by atoms with Crippen LogP contribution in [0.3, 0.4) is 0 Å². The van der Waals surface area contributed by atoms with Crippen molar-refractivity contribution >= 4 is 5.69 Å². The third kappa shape index (κ3) is 2.63. The van der Waals surface area contributed by atoms with Gasteiger partial charge in [0.15, 0.2) is 0 Å². The summed E-state index contributed by atoms with van der Waals surface area (Å²) in [7, 11) is 1.63. The molecular formula is C12H19NO2. The number of hydrogen-bond acceptors (Lipinski definition) is 3. The van der Waals surface area contributed by atoms with E-state index in [1.807, 2.05) is 18.2 Å². The van der Waals surface area contributed by atoms with Crippen molar-refractivity contribution in [3.05, 3.63) is 23.8 Å². The highest BCUT2D eigenvalue weighted by molar-refractivity contribution is 5.53. The summed E-state index contributed by atoms with van der Waals surface area (Å²) in [5, 5.41) is 9.10. The zero-order valence-corrected chi connectivity index (χ0v) is 9.66. The molecule has 1 rings (SSSR count). The van der Waals surface area contributed by atoms with Crippen molar-refractivity contribution < 1.29 is 9.84 Å². The van der Waals surface area contributed by atoms with E-state index in [4.69, 9.17) is 9.84 Å². The predicted molar refractivity (Wildman–Crippen MR) is 62.5 cm³/mol. The van der Waals surface area contributed by atoms with Crippen LogP contribution < -0.4 is 9.64 Å². The highest BCUT2D eigenvalue weighted by Crippen LogP contribution is 2.25. The standard InChI is InChI=1S/C12H19NO2/c1-4-13(5-2)11-7-6-10(9-14)12(8-11)15-3/h6-8,14H,4-5,9H2,1-3H3. The molecule has 15 heavy (non-hydrogen) atoms. The average Bonchev–Trinajstić information content (AvgIpc) is 2.30. The van der Waals surface area contributed by atoms with E-state index < -0.39 is 0 Å². The normalized spacial score (nSPS) is 10.1. The second kappa shape index (κ2) is 5.61. The lowest BCUT2D eigenvalue weighted by Crippen LogP contribution is -2.21. The summed E-state index contributed by atoms with van der Waals surface area (Å²) in [4.78, 5) is 2.24. The van der Waals surface area contributed by atoms with Crippen LogP contribution in [0.2, 0.25) is 0 Å². The molecule has 0 amide bonds. The van der Waals surface area contributed by atoms with E-state index in [0.29, 0.717) is 0 Å². The Morgan fingerprint density at radius 1 is 1.27 bits per heavy atom. The van der Waals surface area contributed by atoms with E-state index in [1.54, 1.807) is 7.11 Å². The summed E-state index contributed by atoms with van der Waals surface area (Å²) < 4.78 is 5.23. The maximum atomic E-state index is 9.10. The van der Waals surface area contributed by atoms with Gasteiger partial charge < -0.3 is 14.7 Å². The molecule has 0 atom stereocenters. The van der Waals surface area contributed by atoms with Crippen molar-refractivity contribution in [3.63, 3.8) is 0 Å². The van der Waals surface area contributed by atoms with Gasteiger partial charge in [-0.2, -0.15) is 0 Å². The maximum Gasteiger partial charge on any atom is 0.126 e. The lowest BCUT2D eigenvalue weighted by Gasteiger charge is -2.22. The Labute approximate surface area is 91.3 Å². The molecule has 1 N–H and O–H groups in total. The Morgan fingerprint density at radius 3 is 2.40 bits per heavy atom. The van der Waals surface area contributed by atoms with Crippen LogP contribution in [0.15, 0.2) is 18.2 Å². The first-order valence-corrected chi connectivity index (χ1v) is 5.29. The third-order valence-electron chi connectivity index (χ3n) is 2.57. The molecule has 0 aliphatic heterocycles. The van der Waals surface area contributed by atoms with Crippen LogP contribution in [0, 0.1) is 0 Å². The van der Waals surface area contributed by atoms with Crippen LogP contribution in [0.5, 0.6) is 5.75 Å². The lowest BCUT2D eigenvalue weighted by atomic mass is 10.1. The number of rotatable bonds is 5. The fraction of sp³-hybridized carbons (Fsp3) is 0.500. The number of aliphatic hydroxyl groups excluding tert-OH is 1. The first-order chi connectivity index (χ1) is 7.26. The summed E-state index contributed by atoms with van der Waals surface area (Å²) in [5.41, 5.74) is 1.96. The molecule has 0 aromatic heterocycles. The monoisotopic (exact) mass is 209 g/mol. The molecule has 0 fully saturated rings. The average molecular weight is 209 g/mol. The smallest absolute Gasteiger partial charge is 0.126 e. The molecule has 0 radical (unpaired) electrons. The lowest BCUT2D eigenvalue weighted by molar-refractivity contribution is 0.274. The van der Waals surface area contributed by atoms with Gasteiger partial charge in [0.05, 0.1) is 13.7 Å². The summed E-state index contributed by atoms with van der Waals surface area (Å²) >= 11 is 0. The van der Waals surface area contributed by atoms with Gasteiger partial charge in [-0.1, -0.05) is 6.07 Å². The Kier molecular flexibility index (Phi) is 4.43. The highest BCUT2D eigenvalue weighted by Gasteiger charge is 2.06.